The summed E-state index contributed by atoms with van der Waals surface area (Å²) in [7, 11) is 1.89. The fourth-order valence-corrected chi connectivity index (χ4v) is 3.34. The first kappa shape index (κ1) is 15.8. The number of aromatic nitrogens is 2. The zero-order valence-electron chi connectivity index (χ0n) is 12.9. The number of rotatable bonds is 5. The van der Waals surface area contributed by atoms with Crippen molar-refractivity contribution in [1.82, 2.24) is 9.97 Å². The summed E-state index contributed by atoms with van der Waals surface area (Å²) in [5, 5.41) is 2.83. The molecular formula is C17H17F2N3S. The van der Waals surface area contributed by atoms with Gasteiger partial charge in [0.25, 0.3) is 6.43 Å². The maximum absolute atomic E-state index is 13.1. The van der Waals surface area contributed by atoms with E-state index in [1.165, 1.54) is 4.88 Å². The van der Waals surface area contributed by atoms with E-state index >= 15 is 0 Å². The molecule has 3 rings (SSSR count). The van der Waals surface area contributed by atoms with Gasteiger partial charge in [-0.25, -0.2) is 18.7 Å². The predicted octanol–water partition coefficient (Wildman–Crippen LogP) is 4.70. The minimum absolute atomic E-state index is 0.137. The number of thiophene rings is 1. The molecule has 1 aromatic carbocycles. The molecule has 0 aliphatic rings. The van der Waals surface area contributed by atoms with Gasteiger partial charge in [0, 0.05) is 29.8 Å². The maximum atomic E-state index is 13.1. The molecule has 3 aromatic rings. The minimum atomic E-state index is -2.68. The largest absolute Gasteiger partial charge is 0.356 e. The zero-order chi connectivity index (χ0) is 16.4. The molecular weight excluding hydrogens is 316 g/mol. The second-order valence-corrected chi connectivity index (χ2v) is 6.50. The van der Waals surface area contributed by atoms with Crippen LogP contribution in [0, 0.1) is 0 Å². The van der Waals surface area contributed by atoms with Gasteiger partial charge in [0.15, 0.2) is 5.82 Å². The monoisotopic (exact) mass is 333 g/mol. The molecule has 1 unspecified atom stereocenters. The third-order valence-corrected chi connectivity index (χ3v) is 4.77. The van der Waals surface area contributed by atoms with E-state index < -0.39 is 12.2 Å². The molecule has 0 aliphatic heterocycles. The number of hydrogen-bond acceptors (Lipinski definition) is 4. The molecule has 120 valence electrons. The number of fused-ring (bicyclic) bond motifs is 1. The van der Waals surface area contributed by atoms with E-state index in [1.54, 1.807) is 23.5 Å². The number of para-hydroxylation sites is 1. The molecule has 2 heterocycles. The van der Waals surface area contributed by atoms with Crippen LogP contribution < -0.4 is 4.90 Å². The van der Waals surface area contributed by atoms with Crippen molar-refractivity contribution in [3.63, 3.8) is 0 Å². The van der Waals surface area contributed by atoms with Crippen molar-refractivity contribution in [2.75, 3.05) is 11.9 Å². The van der Waals surface area contributed by atoms with Gasteiger partial charge in [0.1, 0.15) is 5.82 Å². The summed E-state index contributed by atoms with van der Waals surface area (Å²) in [6.07, 6.45) is -1.84. The molecule has 0 saturated carbocycles. The highest BCUT2D eigenvalue weighted by atomic mass is 32.1. The topological polar surface area (TPSA) is 29.0 Å². The Morgan fingerprint density at radius 1 is 1.13 bits per heavy atom. The van der Waals surface area contributed by atoms with E-state index in [2.05, 4.69) is 23.0 Å². The summed E-state index contributed by atoms with van der Waals surface area (Å²) in [4.78, 5) is 11.3. The number of nitrogens with zero attached hydrogens (tertiary/aromatic N) is 3. The van der Waals surface area contributed by atoms with Gasteiger partial charge in [-0.05, 0) is 30.5 Å². The van der Waals surface area contributed by atoms with Gasteiger partial charge in [0.2, 0.25) is 0 Å². The van der Waals surface area contributed by atoms with Crippen LogP contribution in [0.5, 0.6) is 0 Å². The number of likely N-dealkylation sites (N-methyl/N-ethyl adjacent to an activating group) is 1. The van der Waals surface area contributed by atoms with Crippen molar-refractivity contribution in [2.24, 2.45) is 0 Å². The Balaban J connectivity index is 1.99. The van der Waals surface area contributed by atoms with Crippen LogP contribution in [0.2, 0.25) is 0 Å². The van der Waals surface area contributed by atoms with E-state index in [0.717, 1.165) is 11.8 Å². The van der Waals surface area contributed by atoms with Crippen LogP contribution in [0.15, 0.2) is 41.8 Å². The first-order valence-electron chi connectivity index (χ1n) is 7.36. The second-order valence-electron chi connectivity index (χ2n) is 5.47. The van der Waals surface area contributed by atoms with Crippen molar-refractivity contribution < 1.29 is 8.78 Å². The number of alkyl halides is 2. The van der Waals surface area contributed by atoms with E-state index in [1.807, 2.05) is 35.5 Å². The summed E-state index contributed by atoms with van der Waals surface area (Å²) >= 11 is 1.70. The Hall–Kier alpha value is -2.08. The highest BCUT2D eigenvalue weighted by Crippen LogP contribution is 2.28. The van der Waals surface area contributed by atoms with Crippen molar-refractivity contribution in [3.05, 3.63) is 52.5 Å². The molecule has 6 heteroatoms. The Morgan fingerprint density at radius 2 is 1.91 bits per heavy atom. The third-order valence-electron chi connectivity index (χ3n) is 3.87. The summed E-state index contributed by atoms with van der Waals surface area (Å²) in [5.74, 6) is 0.129. The van der Waals surface area contributed by atoms with Gasteiger partial charge in [0.05, 0.1) is 5.52 Å². The van der Waals surface area contributed by atoms with Crippen LogP contribution in [0.3, 0.4) is 0 Å². The normalized spacial score (nSPS) is 12.7. The van der Waals surface area contributed by atoms with Gasteiger partial charge in [-0.15, -0.1) is 11.3 Å². The van der Waals surface area contributed by atoms with Gasteiger partial charge < -0.3 is 4.90 Å². The Kier molecular flexibility index (Phi) is 4.52. The van der Waals surface area contributed by atoms with E-state index in [-0.39, 0.29) is 6.04 Å². The molecule has 2 aromatic heterocycles. The fourth-order valence-electron chi connectivity index (χ4n) is 2.51. The van der Waals surface area contributed by atoms with E-state index in [4.69, 9.17) is 0 Å². The SMILES string of the molecule is CC(Cc1cccs1)N(C)c1nc(C(F)F)nc2ccccc12. The fraction of sp³-hybridized carbons (Fsp3) is 0.294. The summed E-state index contributed by atoms with van der Waals surface area (Å²) in [6, 6.07) is 11.5. The van der Waals surface area contributed by atoms with Crippen molar-refractivity contribution >= 4 is 28.1 Å². The minimum Gasteiger partial charge on any atom is -0.356 e. The zero-order valence-corrected chi connectivity index (χ0v) is 13.7. The molecule has 0 amide bonds. The standard InChI is InChI=1S/C17H17F2N3S/c1-11(10-12-6-5-9-23-12)22(2)17-13-7-3-4-8-14(13)20-16(21-17)15(18)19/h3-9,11,15H,10H2,1-2H3. The Bertz CT molecular complexity index is 790. The maximum Gasteiger partial charge on any atom is 0.297 e. The van der Waals surface area contributed by atoms with E-state index in [9.17, 15) is 8.78 Å². The number of hydrogen-bond donors (Lipinski definition) is 0. The van der Waals surface area contributed by atoms with Crippen LogP contribution in [-0.2, 0) is 6.42 Å². The Morgan fingerprint density at radius 3 is 2.61 bits per heavy atom. The molecule has 0 N–H and O–H groups in total. The third kappa shape index (κ3) is 3.32. The van der Waals surface area contributed by atoms with Crippen molar-refractivity contribution in [1.29, 1.82) is 0 Å². The summed E-state index contributed by atoms with van der Waals surface area (Å²) in [5.41, 5.74) is 0.544. The molecule has 0 bridgehead atoms. The molecule has 0 saturated heterocycles. The van der Waals surface area contributed by atoms with Crippen molar-refractivity contribution in [3.8, 4) is 0 Å². The molecule has 0 fully saturated rings. The highest BCUT2D eigenvalue weighted by Gasteiger charge is 2.20. The summed E-state index contributed by atoms with van der Waals surface area (Å²) < 4.78 is 26.2. The first-order valence-corrected chi connectivity index (χ1v) is 8.24. The number of benzene rings is 1. The van der Waals surface area contributed by atoms with Crippen molar-refractivity contribution in [2.45, 2.75) is 25.8 Å². The van der Waals surface area contributed by atoms with Crippen LogP contribution in [0.4, 0.5) is 14.6 Å². The van der Waals surface area contributed by atoms with Crippen LogP contribution in [0.25, 0.3) is 10.9 Å². The Labute approximate surface area is 137 Å². The van der Waals surface area contributed by atoms with E-state index in [0.29, 0.717) is 11.3 Å². The van der Waals surface area contributed by atoms with Gasteiger partial charge in [-0.3, -0.25) is 0 Å². The van der Waals surface area contributed by atoms with Crippen LogP contribution in [-0.4, -0.2) is 23.1 Å². The average molecular weight is 333 g/mol. The average Bonchev–Trinajstić information content (AvgIpc) is 3.05. The molecule has 23 heavy (non-hydrogen) atoms. The number of anilines is 1. The second kappa shape index (κ2) is 6.58. The number of halogens is 2. The lowest BCUT2D eigenvalue weighted by Gasteiger charge is -2.27. The first-order chi connectivity index (χ1) is 11.1. The van der Waals surface area contributed by atoms with Gasteiger partial charge in [-0.1, -0.05) is 18.2 Å². The molecule has 0 radical (unpaired) electrons. The van der Waals surface area contributed by atoms with Crippen LogP contribution in [0.1, 0.15) is 24.1 Å². The predicted molar refractivity (Wildman–Crippen MR) is 90.4 cm³/mol. The quantitative estimate of drug-likeness (QED) is 0.678. The van der Waals surface area contributed by atoms with Gasteiger partial charge >= 0.3 is 0 Å². The molecule has 3 nitrogen and oxygen atoms in total. The molecule has 0 spiro atoms. The lowest BCUT2D eigenvalue weighted by molar-refractivity contribution is 0.141. The molecule has 0 aliphatic carbocycles. The van der Waals surface area contributed by atoms with Gasteiger partial charge in [-0.2, -0.15) is 0 Å². The van der Waals surface area contributed by atoms with Crippen LogP contribution >= 0.6 is 11.3 Å². The molecule has 1 atom stereocenters. The smallest absolute Gasteiger partial charge is 0.297 e. The lowest BCUT2D eigenvalue weighted by Crippen LogP contribution is -2.31. The summed E-state index contributed by atoms with van der Waals surface area (Å²) in [6.45, 7) is 2.07. The highest BCUT2D eigenvalue weighted by molar-refractivity contribution is 7.09. The lowest BCUT2D eigenvalue weighted by atomic mass is 10.1.